The zero-order valence-corrected chi connectivity index (χ0v) is 11.5. The Morgan fingerprint density at radius 2 is 1.65 bits per heavy atom. The zero-order chi connectivity index (χ0) is 13.8. The lowest BCUT2D eigenvalue weighted by atomic mass is 10.3. The maximum Gasteiger partial charge on any atom is 0.224 e. The standard InChI is InChI=1S/C14H18N6/c1-15-14-17-7-5-13(18-14)20-10-8-19(9-11-20)12-4-2-3-6-16-12/h2-7H,8-11H2,1H3,(H,15,17,18). The molecule has 104 valence electrons. The molecule has 0 saturated carbocycles. The summed E-state index contributed by atoms with van der Waals surface area (Å²) in [5.41, 5.74) is 0. The minimum absolute atomic E-state index is 0.662. The number of piperazine rings is 1. The van der Waals surface area contributed by atoms with Gasteiger partial charge >= 0.3 is 0 Å². The summed E-state index contributed by atoms with van der Waals surface area (Å²) < 4.78 is 0. The Balaban J connectivity index is 1.66. The largest absolute Gasteiger partial charge is 0.357 e. The third-order valence-electron chi connectivity index (χ3n) is 3.44. The van der Waals surface area contributed by atoms with E-state index in [1.807, 2.05) is 31.4 Å². The number of aromatic nitrogens is 3. The molecule has 1 aliphatic rings. The molecule has 1 saturated heterocycles. The topological polar surface area (TPSA) is 57.2 Å². The predicted molar refractivity (Wildman–Crippen MR) is 80.2 cm³/mol. The Morgan fingerprint density at radius 1 is 0.900 bits per heavy atom. The Bertz CT molecular complexity index is 551. The number of nitrogens with zero attached hydrogens (tertiary/aromatic N) is 5. The highest BCUT2D eigenvalue weighted by atomic mass is 15.3. The van der Waals surface area contributed by atoms with E-state index in [1.54, 1.807) is 6.20 Å². The Morgan fingerprint density at radius 3 is 2.30 bits per heavy atom. The molecule has 20 heavy (non-hydrogen) atoms. The molecule has 2 aromatic rings. The molecule has 1 fully saturated rings. The summed E-state index contributed by atoms with van der Waals surface area (Å²) in [6.45, 7) is 3.79. The summed E-state index contributed by atoms with van der Waals surface area (Å²) >= 11 is 0. The number of anilines is 3. The second kappa shape index (κ2) is 5.73. The van der Waals surface area contributed by atoms with Crippen LogP contribution in [0.1, 0.15) is 0 Å². The van der Waals surface area contributed by atoms with Crippen molar-refractivity contribution >= 4 is 17.6 Å². The van der Waals surface area contributed by atoms with Crippen molar-refractivity contribution in [3.05, 3.63) is 36.7 Å². The van der Waals surface area contributed by atoms with Crippen LogP contribution in [0.25, 0.3) is 0 Å². The molecule has 1 N–H and O–H groups in total. The van der Waals surface area contributed by atoms with Crippen molar-refractivity contribution in [1.29, 1.82) is 0 Å². The average molecular weight is 270 g/mol. The Hall–Kier alpha value is -2.37. The fraction of sp³-hybridized carbons (Fsp3) is 0.357. The highest BCUT2D eigenvalue weighted by Crippen LogP contribution is 2.17. The van der Waals surface area contributed by atoms with Crippen molar-refractivity contribution in [2.75, 3.05) is 48.3 Å². The smallest absolute Gasteiger partial charge is 0.224 e. The van der Waals surface area contributed by atoms with E-state index >= 15 is 0 Å². The summed E-state index contributed by atoms with van der Waals surface area (Å²) in [6.07, 6.45) is 3.63. The van der Waals surface area contributed by atoms with Gasteiger partial charge in [-0.1, -0.05) is 6.07 Å². The lowest BCUT2D eigenvalue weighted by molar-refractivity contribution is 0.641. The molecule has 0 spiro atoms. The molecule has 6 heteroatoms. The molecule has 1 aliphatic heterocycles. The summed E-state index contributed by atoms with van der Waals surface area (Å²) in [6, 6.07) is 7.98. The third-order valence-corrected chi connectivity index (χ3v) is 3.44. The van der Waals surface area contributed by atoms with Gasteiger partial charge in [-0.2, -0.15) is 4.98 Å². The van der Waals surface area contributed by atoms with Crippen LogP contribution >= 0.6 is 0 Å². The monoisotopic (exact) mass is 270 g/mol. The maximum absolute atomic E-state index is 4.48. The molecular weight excluding hydrogens is 252 g/mol. The SMILES string of the molecule is CNc1nccc(N2CCN(c3ccccn3)CC2)n1. The molecule has 0 aliphatic carbocycles. The predicted octanol–water partition coefficient (Wildman–Crippen LogP) is 1.24. The van der Waals surface area contributed by atoms with E-state index in [0.29, 0.717) is 5.95 Å². The highest BCUT2D eigenvalue weighted by Gasteiger charge is 2.19. The van der Waals surface area contributed by atoms with E-state index in [0.717, 1.165) is 37.8 Å². The van der Waals surface area contributed by atoms with Crippen LogP contribution in [0.3, 0.4) is 0 Å². The van der Waals surface area contributed by atoms with E-state index in [9.17, 15) is 0 Å². The van der Waals surface area contributed by atoms with Crippen LogP contribution in [0.4, 0.5) is 17.6 Å². The van der Waals surface area contributed by atoms with Crippen molar-refractivity contribution in [3.63, 3.8) is 0 Å². The van der Waals surface area contributed by atoms with Gasteiger partial charge in [0.1, 0.15) is 11.6 Å². The van der Waals surface area contributed by atoms with Gasteiger partial charge in [-0.25, -0.2) is 9.97 Å². The molecule has 3 heterocycles. The van der Waals surface area contributed by atoms with Crippen LogP contribution in [0.15, 0.2) is 36.7 Å². The lowest BCUT2D eigenvalue weighted by Gasteiger charge is -2.36. The molecule has 0 aromatic carbocycles. The van der Waals surface area contributed by atoms with E-state index in [4.69, 9.17) is 0 Å². The molecule has 0 radical (unpaired) electrons. The quantitative estimate of drug-likeness (QED) is 0.905. The van der Waals surface area contributed by atoms with Gasteiger partial charge < -0.3 is 15.1 Å². The second-order valence-electron chi connectivity index (χ2n) is 4.65. The first kappa shape index (κ1) is 12.7. The molecule has 3 rings (SSSR count). The summed E-state index contributed by atoms with van der Waals surface area (Å²) in [7, 11) is 1.83. The molecule has 0 unspecified atom stereocenters. The number of rotatable bonds is 3. The summed E-state index contributed by atoms with van der Waals surface area (Å²) in [5, 5.41) is 2.97. The van der Waals surface area contributed by atoms with E-state index in [2.05, 4.69) is 36.1 Å². The van der Waals surface area contributed by atoms with Gasteiger partial charge in [0.15, 0.2) is 0 Å². The van der Waals surface area contributed by atoms with Crippen LogP contribution in [-0.2, 0) is 0 Å². The first-order valence-corrected chi connectivity index (χ1v) is 6.78. The van der Waals surface area contributed by atoms with Crippen molar-refractivity contribution in [2.24, 2.45) is 0 Å². The summed E-state index contributed by atoms with van der Waals surface area (Å²) in [5.74, 6) is 2.69. The van der Waals surface area contributed by atoms with Crippen molar-refractivity contribution in [2.45, 2.75) is 0 Å². The van der Waals surface area contributed by atoms with Gasteiger partial charge in [0.25, 0.3) is 0 Å². The van der Waals surface area contributed by atoms with E-state index in [-0.39, 0.29) is 0 Å². The van der Waals surface area contributed by atoms with Crippen LogP contribution < -0.4 is 15.1 Å². The number of hydrogen-bond donors (Lipinski definition) is 1. The fourth-order valence-electron chi connectivity index (χ4n) is 2.35. The van der Waals surface area contributed by atoms with E-state index in [1.165, 1.54) is 0 Å². The minimum atomic E-state index is 0.662. The zero-order valence-electron chi connectivity index (χ0n) is 11.5. The maximum atomic E-state index is 4.48. The normalized spacial score (nSPS) is 15.2. The van der Waals surface area contributed by atoms with Crippen LogP contribution in [0.5, 0.6) is 0 Å². The average Bonchev–Trinajstić information content (AvgIpc) is 2.56. The molecule has 0 atom stereocenters. The van der Waals surface area contributed by atoms with Crippen LogP contribution in [-0.4, -0.2) is 48.2 Å². The van der Waals surface area contributed by atoms with Gasteiger partial charge in [-0.15, -0.1) is 0 Å². The minimum Gasteiger partial charge on any atom is -0.357 e. The lowest BCUT2D eigenvalue weighted by Crippen LogP contribution is -2.47. The van der Waals surface area contributed by atoms with Gasteiger partial charge in [0.05, 0.1) is 0 Å². The molecule has 2 aromatic heterocycles. The first-order chi connectivity index (χ1) is 9.86. The van der Waals surface area contributed by atoms with Crippen molar-refractivity contribution in [1.82, 2.24) is 15.0 Å². The van der Waals surface area contributed by atoms with Crippen LogP contribution in [0.2, 0.25) is 0 Å². The van der Waals surface area contributed by atoms with Gasteiger partial charge in [0.2, 0.25) is 5.95 Å². The van der Waals surface area contributed by atoms with Crippen LogP contribution in [0, 0.1) is 0 Å². The number of pyridine rings is 1. The third kappa shape index (κ3) is 2.64. The van der Waals surface area contributed by atoms with Crippen molar-refractivity contribution < 1.29 is 0 Å². The fourth-order valence-corrected chi connectivity index (χ4v) is 2.35. The molecule has 6 nitrogen and oxygen atoms in total. The van der Waals surface area contributed by atoms with Gasteiger partial charge in [-0.05, 0) is 18.2 Å². The van der Waals surface area contributed by atoms with Crippen molar-refractivity contribution in [3.8, 4) is 0 Å². The number of hydrogen-bond acceptors (Lipinski definition) is 6. The number of nitrogens with one attached hydrogen (secondary N) is 1. The Kier molecular flexibility index (Phi) is 3.62. The second-order valence-corrected chi connectivity index (χ2v) is 4.65. The molecular formula is C14H18N6. The summed E-state index contributed by atoms with van der Waals surface area (Å²) in [4.78, 5) is 17.6. The highest BCUT2D eigenvalue weighted by molar-refractivity contribution is 5.46. The van der Waals surface area contributed by atoms with Gasteiger partial charge in [0, 0.05) is 45.6 Å². The molecule has 0 bridgehead atoms. The van der Waals surface area contributed by atoms with Gasteiger partial charge in [-0.3, -0.25) is 0 Å². The first-order valence-electron chi connectivity index (χ1n) is 6.78. The van der Waals surface area contributed by atoms with E-state index < -0.39 is 0 Å². The Labute approximate surface area is 118 Å². The molecule has 0 amide bonds.